The van der Waals surface area contributed by atoms with Gasteiger partial charge in [0.2, 0.25) is 0 Å². The summed E-state index contributed by atoms with van der Waals surface area (Å²) in [7, 11) is 0. The lowest BCUT2D eigenvalue weighted by atomic mass is 10.1. The molecule has 0 spiro atoms. The van der Waals surface area contributed by atoms with Crippen LogP contribution in [0.1, 0.15) is 32.6 Å². The molecule has 1 heterocycles. The van der Waals surface area contributed by atoms with E-state index in [1.165, 1.54) is 25.7 Å². The van der Waals surface area contributed by atoms with Gasteiger partial charge in [-0.25, -0.2) is 4.98 Å². The highest BCUT2D eigenvalue weighted by atomic mass is 15.2. The molecule has 1 aliphatic carbocycles. The fraction of sp³-hybridized carbons (Fsp3) is 0.438. The first-order valence-corrected chi connectivity index (χ1v) is 7.21. The largest absolute Gasteiger partial charge is 0.399 e. The van der Waals surface area contributed by atoms with E-state index < -0.39 is 0 Å². The predicted molar refractivity (Wildman–Crippen MR) is 81.4 cm³/mol. The van der Waals surface area contributed by atoms with Crippen LogP contribution in [0.5, 0.6) is 0 Å². The second kappa shape index (κ2) is 5.08. The summed E-state index contributed by atoms with van der Waals surface area (Å²) < 4.78 is 0. The molecule has 1 saturated carbocycles. The Bertz CT molecular complexity index is 573. The quantitative estimate of drug-likeness (QED) is 0.852. The fourth-order valence-electron chi connectivity index (χ4n) is 3.12. The van der Waals surface area contributed by atoms with Gasteiger partial charge in [0.15, 0.2) is 0 Å². The van der Waals surface area contributed by atoms with Crippen LogP contribution in [-0.4, -0.2) is 17.6 Å². The van der Waals surface area contributed by atoms with E-state index in [4.69, 9.17) is 10.7 Å². The third kappa shape index (κ3) is 2.37. The van der Waals surface area contributed by atoms with Crippen LogP contribution >= 0.6 is 0 Å². The Labute approximate surface area is 114 Å². The molecule has 0 unspecified atom stereocenters. The second-order valence-electron chi connectivity index (χ2n) is 5.35. The molecule has 1 aromatic carbocycles. The smallest absolute Gasteiger partial charge is 0.129 e. The average Bonchev–Trinajstić information content (AvgIpc) is 2.93. The Balaban J connectivity index is 1.96. The summed E-state index contributed by atoms with van der Waals surface area (Å²) >= 11 is 0. The molecular formula is C16H21N3. The van der Waals surface area contributed by atoms with Gasteiger partial charge in [-0.15, -0.1) is 0 Å². The molecule has 0 atom stereocenters. The van der Waals surface area contributed by atoms with Gasteiger partial charge in [0.1, 0.15) is 5.82 Å². The van der Waals surface area contributed by atoms with Crippen molar-refractivity contribution in [3.63, 3.8) is 0 Å². The summed E-state index contributed by atoms with van der Waals surface area (Å²) in [4.78, 5) is 7.25. The van der Waals surface area contributed by atoms with Crippen molar-refractivity contribution >= 4 is 22.4 Å². The van der Waals surface area contributed by atoms with E-state index in [9.17, 15) is 0 Å². The van der Waals surface area contributed by atoms with Crippen molar-refractivity contribution in [1.29, 1.82) is 0 Å². The highest BCUT2D eigenvalue weighted by molar-refractivity contribution is 5.83. The van der Waals surface area contributed by atoms with Crippen LogP contribution in [0.15, 0.2) is 30.3 Å². The molecule has 19 heavy (non-hydrogen) atoms. The molecule has 1 aliphatic rings. The van der Waals surface area contributed by atoms with Crippen LogP contribution in [0.2, 0.25) is 0 Å². The lowest BCUT2D eigenvalue weighted by Crippen LogP contribution is -2.33. The van der Waals surface area contributed by atoms with E-state index >= 15 is 0 Å². The van der Waals surface area contributed by atoms with Gasteiger partial charge in [0.25, 0.3) is 0 Å². The summed E-state index contributed by atoms with van der Waals surface area (Å²) in [6, 6.07) is 10.8. The number of hydrogen-bond donors (Lipinski definition) is 1. The molecule has 3 nitrogen and oxygen atoms in total. The summed E-state index contributed by atoms with van der Waals surface area (Å²) in [5, 5.41) is 1.12. The number of aromatic nitrogens is 1. The molecule has 0 radical (unpaired) electrons. The first kappa shape index (κ1) is 12.3. The van der Waals surface area contributed by atoms with Gasteiger partial charge in [0.05, 0.1) is 5.52 Å². The van der Waals surface area contributed by atoms with Crippen LogP contribution in [-0.2, 0) is 0 Å². The maximum atomic E-state index is 5.81. The van der Waals surface area contributed by atoms with Crippen molar-refractivity contribution in [3.05, 3.63) is 30.3 Å². The number of nitrogens with zero attached hydrogens (tertiary/aromatic N) is 2. The van der Waals surface area contributed by atoms with Crippen molar-refractivity contribution < 1.29 is 0 Å². The van der Waals surface area contributed by atoms with Crippen molar-refractivity contribution in [2.75, 3.05) is 17.2 Å². The van der Waals surface area contributed by atoms with E-state index in [-0.39, 0.29) is 0 Å². The van der Waals surface area contributed by atoms with Gasteiger partial charge < -0.3 is 10.6 Å². The lowest BCUT2D eigenvalue weighted by molar-refractivity contribution is 0.614. The van der Waals surface area contributed by atoms with Gasteiger partial charge in [-0.05, 0) is 50.1 Å². The molecule has 2 N–H and O–H groups in total. The van der Waals surface area contributed by atoms with Crippen molar-refractivity contribution in [2.45, 2.75) is 38.6 Å². The van der Waals surface area contributed by atoms with Gasteiger partial charge in [-0.1, -0.05) is 12.8 Å². The van der Waals surface area contributed by atoms with E-state index in [0.29, 0.717) is 6.04 Å². The number of nitrogens with two attached hydrogens (primary N) is 1. The first-order chi connectivity index (χ1) is 9.28. The standard InChI is InChI=1S/C16H21N3/c1-2-19(14-5-3-4-6-14)16-10-7-12-11-13(17)8-9-15(12)18-16/h7-11,14H,2-6,17H2,1H3. The molecule has 1 aromatic heterocycles. The number of benzene rings is 1. The third-order valence-electron chi connectivity index (χ3n) is 4.10. The summed E-state index contributed by atoms with van der Waals surface area (Å²) in [5.41, 5.74) is 7.64. The van der Waals surface area contributed by atoms with E-state index in [0.717, 1.165) is 29.0 Å². The zero-order chi connectivity index (χ0) is 13.2. The Morgan fingerprint density at radius 3 is 2.74 bits per heavy atom. The number of nitrogen functional groups attached to an aromatic ring is 1. The Morgan fingerprint density at radius 1 is 1.21 bits per heavy atom. The SMILES string of the molecule is CCN(c1ccc2cc(N)ccc2n1)C1CCCC1. The second-order valence-corrected chi connectivity index (χ2v) is 5.35. The maximum absolute atomic E-state index is 5.81. The van der Waals surface area contributed by atoms with Crippen LogP contribution in [0, 0.1) is 0 Å². The molecular weight excluding hydrogens is 234 g/mol. The molecule has 3 rings (SSSR count). The van der Waals surface area contributed by atoms with Gasteiger partial charge in [-0.3, -0.25) is 0 Å². The van der Waals surface area contributed by atoms with E-state index in [1.54, 1.807) is 0 Å². The van der Waals surface area contributed by atoms with E-state index in [2.05, 4.69) is 24.0 Å². The molecule has 1 fully saturated rings. The number of hydrogen-bond acceptors (Lipinski definition) is 3. The van der Waals surface area contributed by atoms with Gasteiger partial charge >= 0.3 is 0 Å². The normalized spacial score (nSPS) is 16.1. The fourth-order valence-corrected chi connectivity index (χ4v) is 3.12. The highest BCUT2D eigenvalue weighted by Gasteiger charge is 2.22. The monoisotopic (exact) mass is 255 g/mol. The molecule has 0 bridgehead atoms. The average molecular weight is 255 g/mol. The van der Waals surface area contributed by atoms with Crippen LogP contribution in [0.3, 0.4) is 0 Å². The minimum absolute atomic E-state index is 0.670. The summed E-state index contributed by atoms with van der Waals surface area (Å²) in [6.07, 6.45) is 5.31. The highest BCUT2D eigenvalue weighted by Crippen LogP contribution is 2.28. The van der Waals surface area contributed by atoms with Crippen molar-refractivity contribution in [2.24, 2.45) is 0 Å². The number of rotatable bonds is 3. The molecule has 100 valence electrons. The number of pyridine rings is 1. The summed E-state index contributed by atoms with van der Waals surface area (Å²) in [6.45, 7) is 3.24. The minimum Gasteiger partial charge on any atom is -0.399 e. The lowest BCUT2D eigenvalue weighted by Gasteiger charge is -2.29. The van der Waals surface area contributed by atoms with Gasteiger partial charge in [0, 0.05) is 23.7 Å². The molecule has 0 saturated heterocycles. The molecule has 0 aliphatic heterocycles. The maximum Gasteiger partial charge on any atom is 0.129 e. The van der Waals surface area contributed by atoms with Crippen molar-refractivity contribution in [3.8, 4) is 0 Å². The molecule has 0 amide bonds. The number of fused-ring (bicyclic) bond motifs is 1. The topological polar surface area (TPSA) is 42.1 Å². The first-order valence-electron chi connectivity index (χ1n) is 7.21. The van der Waals surface area contributed by atoms with Gasteiger partial charge in [-0.2, -0.15) is 0 Å². The Hall–Kier alpha value is -1.77. The Kier molecular flexibility index (Phi) is 3.28. The molecule has 3 heteroatoms. The van der Waals surface area contributed by atoms with Crippen LogP contribution in [0.25, 0.3) is 10.9 Å². The Morgan fingerprint density at radius 2 is 2.00 bits per heavy atom. The zero-order valence-corrected chi connectivity index (χ0v) is 11.5. The van der Waals surface area contributed by atoms with Crippen molar-refractivity contribution in [1.82, 2.24) is 4.98 Å². The summed E-state index contributed by atoms with van der Waals surface area (Å²) in [5.74, 6) is 1.10. The van der Waals surface area contributed by atoms with E-state index in [1.807, 2.05) is 18.2 Å². The molecule has 2 aromatic rings. The zero-order valence-electron chi connectivity index (χ0n) is 11.5. The van der Waals surface area contributed by atoms with Crippen LogP contribution < -0.4 is 10.6 Å². The minimum atomic E-state index is 0.670. The number of anilines is 2. The van der Waals surface area contributed by atoms with Crippen LogP contribution in [0.4, 0.5) is 11.5 Å². The third-order valence-corrected chi connectivity index (χ3v) is 4.10. The predicted octanol–water partition coefficient (Wildman–Crippen LogP) is 3.59.